The van der Waals surface area contributed by atoms with Gasteiger partial charge in [-0.15, -0.1) is 0 Å². The lowest BCUT2D eigenvalue weighted by Gasteiger charge is -2.28. The Balaban J connectivity index is 1.58. The largest absolute Gasteiger partial charge is 0.341 e. The second-order valence-corrected chi connectivity index (χ2v) is 7.54. The van der Waals surface area contributed by atoms with Gasteiger partial charge in [-0.1, -0.05) is 0 Å². The molecule has 0 aromatic rings. The zero-order valence-electron chi connectivity index (χ0n) is 14.9. The molecule has 3 heterocycles. The summed E-state index contributed by atoms with van der Waals surface area (Å²) in [6.45, 7) is 5.44. The maximum Gasteiger partial charge on any atom is 0.325 e. The number of carbonyl (C=O) groups excluding carboxylic acids is 4. The summed E-state index contributed by atoms with van der Waals surface area (Å²) in [5, 5.41) is 2.60. The predicted octanol–water partition coefficient (Wildman–Crippen LogP) is 0.320. The standard InChI is InChI=1S/C17H26N4O4/c1-17(2)15(24)21(16(25)18-17)11-7-13(22)20-10-5-6-12(20)14(23)19-8-3-4-9-19/h12H,3-11H2,1-2H3,(H,18,25)/t12-/m0/s1. The third kappa shape index (κ3) is 3.34. The average molecular weight is 350 g/mol. The number of nitrogens with zero attached hydrogens (tertiary/aromatic N) is 3. The lowest BCUT2D eigenvalue weighted by molar-refractivity contribution is -0.143. The SMILES string of the molecule is CC1(C)NC(=O)N(CCC(=O)N2CCC[C@H]2C(=O)N2CCCC2)C1=O. The summed E-state index contributed by atoms with van der Waals surface area (Å²) >= 11 is 0. The van der Waals surface area contributed by atoms with Crippen molar-refractivity contribution in [2.24, 2.45) is 0 Å². The number of likely N-dealkylation sites (tertiary alicyclic amines) is 2. The summed E-state index contributed by atoms with van der Waals surface area (Å²) in [6, 6.07) is -0.848. The minimum absolute atomic E-state index is 0.0412. The van der Waals surface area contributed by atoms with Crippen molar-refractivity contribution in [1.82, 2.24) is 20.0 Å². The Labute approximate surface area is 147 Å². The first-order valence-electron chi connectivity index (χ1n) is 9.03. The molecule has 1 atom stereocenters. The molecule has 3 fully saturated rings. The normalized spacial score (nSPS) is 25.7. The van der Waals surface area contributed by atoms with Gasteiger partial charge in [0.2, 0.25) is 11.8 Å². The van der Waals surface area contributed by atoms with Gasteiger partial charge in [0.1, 0.15) is 11.6 Å². The fourth-order valence-electron chi connectivity index (χ4n) is 3.84. The van der Waals surface area contributed by atoms with Crippen LogP contribution >= 0.6 is 0 Å². The van der Waals surface area contributed by atoms with Crippen LogP contribution in [0.5, 0.6) is 0 Å². The van der Waals surface area contributed by atoms with Crippen molar-refractivity contribution in [3.05, 3.63) is 0 Å². The summed E-state index contributed by atoms with van der Waals surface area (Å²) in [7, 11) is 0. The van der Waals surface area contributed by atoms with Gasteiger partial charge in [-0.3, -0.25) is 19.3 Å². The Hall–Kier alpha value is -2.12. The average Bonchev–Trinajstić information content (AvgIpc) is 3.27. The van der Waals surface area contributed by atoms with E-state index < -0.39 is 11.6 Å². The first-order valence-corrected chi connectivity index (χ1v) is 9.03. The Kier molecular flexibility index (Phi) is 4.71. The smallest absolute Gasteiger partial charge is 0.325 e. The highest BCUT2D eigenvalue weighted by molar-refractivity contribution is 6.06. The monoisotopic (exact) mass is 350 g/mol. The van der Waals surface area contributed by atoms with E-state index in [-0.39, 0.29) is 36.7 Å². The molecule has 3 saturated heterocycles. The van der Waals surface area contributed by atoms with Gasteiger partial charge < -0.3 is 15.1 Å². The quantitative estimate of drug-likeness (QED) is 0.740. The van der Waals surface area contributed by atoms with Gasteiger partial charge in [0.25, 0.3) is 5.91 Å². The maximum absolute atomic E-state index is 12.6. The Morgan fingerprint density at radius 2 is 1.80 bits per heavy atom. The van der Waals surface area contributed by atoms with Crippen LogP contribution in [0.25, 0.3) is 0 Å². The third-order valence-electron chi connectivity index (χ3n) is 5.27. The highest BCUT2D eigenvalue weighted by atomic mass is 16.2. The van der Waals surface area contributed by atoms with E-state index >= 15 is 0 Å². The molecule has 0 bridgehead atoms. The van der Waals surface area contributed by atoms with E-state index in [9.17, 15) is 19.2 Å². The zero-order chi connectivity index (χ0) is 18.2. The number of imide groups is 1. The highest BCUT2D eigenvalue weighted by Crippen LogP contribution is 2.23. The van der Waals surface area contributed by atoms with E-state index in [1.54, 1.807) is 18.7 Å². The van der Waals surface area contributed by atoms with Gasteiger partial charge in [-0.2, -0.15) is 0 Å². The van der Waals surface area contributed by atoms with Crippen LogP contribution in [-0.4, -0.2) is 76.2 Å². The number of urea groups is 1. The Morgan fingerprint density at radius 1 is 1.12 bits per heavy atom. The van der Waals surface area contributed by atoms with Crippen LogP contribution in [-0.2, 0) is 14.4 Å². The van der Waals surface area contributed by atoms with Crippen LogP contribution in [0.3, 0.4) is 0 Å². The minimum Gasteiger partial charge on any atom is -0.341 e. The van der Waals surface area contributed by atoms with Crippen LogP contribution in [0, 0.1) is 0 Å². The molecule has 25 heavy (non-hydrogen) atoms. The van der Waals surface area contributed by atoms with Crippen molar-refractivity contribution in [2.75, 3.05) is 26.2 Å². The first kappa shape index (κ1) is 17.7. The van der Waals surface area contributed by atoms with Crippen molar-refractivity contribution in [3.63, 3.8) is 0 Å². The van der Waals surface area contributed by atoms with Crippen LogP contribution in [0.4, 0.5) is 4.79 Å². The van der Waals surface area contributed by atoms with E-state index in [1.807, 2.05) is 4.90 Å². The lowest BCUT2D eigenvalue weighted by Crippen LogP contribution is -2.47. The van der Waals surface area contributed by atoms with Crippen molar-refractivity contribution in [3.8, 4) is 0 Å². The molecule has 0 aromatic carbocycles. The molecule has 3 aliphatic heterocycles. The van der Waals surface area contributed by atoms with Crippen molar-refractivity contribution < 1.29 is 19.2 Å². The molecule has 138 valence electrons. The lowest BCUT2D eigenvalue weighted by atomic mass is 10.1. The van der Waals surface area contributed by atoms with E-state index in [4.69, 9.17) is 0 Å². The van der Waals surface area contributed by atoms with Gasteiger partial charge in [0.15, 0.2) is 0 Å². The Bertz CT molecular complexity index is 597. The molecule has 3 rings (SSSR count). The number of amides is 5. The van der Waals surface area contributed by atoms with E-state index in [0.29, 0.717) is 13.0 Å². The molecule has 1 N–H and O–H groups in total. The molecule has 0 aliphatic carbocycles. The molecule has 0 unspecified atom stereocenters. The van der Waals surface area contributed by atoms with Crippen LogP contribution < -0.4 is 5.32 Å². The van der Waals surface area contributed by atoms with Crippen LogP contribution in [0.2, 0.25) is 0 Å². The minimum atomic E-state index is -0.929. The number of carbonyl (C=O) groups is 4. The fourth-order valence-corrected chi connectivity index (χ4v) is 3.84. The number of nitrogens with one attached hydrogen (secondary N) is 1. The molecule has 5 amide bonds. The van der Waals surface area contributed by atoms with Gasteiger partial charge >= 0.3 is 6.03 Å². The molecule has 0 spiro atoms. The van der Waals surface area contributed by atoms with Gasteiger partial charge in [0.05, 0.1) is 0 Å². The van der Waals surface area contributed by atoms with Crippen LogP contribution in [0.1, 0.15) is 46.0 Å². The molecular weight excluding hydrogens is 324 g/mol. The third-order valence-corrected chi connectivity index (χ3v) is 5.27. The second-order valence-electron chi connectivity index (χ2n) is 7.54. The van der Waals surface area contributed by atoms with Crippen molar-refractivity contribution in [1.29, 1.82) is 0 Å². The van der Waals surface area contributed by atoms with E-state index in [1.165, 1.54) is 0 Å². The predicted molar refractivity (Wildman–Crippen MR) is 89.5 cm³/mol. The summed E-state index contributed by atoms with van der Waals surface area (Å²) in [5.74, 6) is -0.448. The van der Waals surface area contributed by atoms with Crippen molar-refractivity contribution >= 4 is 23.8 Å². The fraction of sp³-hybridized carbons (Fsp3) is 0.765. The molecular formula is C17H26N4O4. The molecule has 0 saturated carbocycles. The van der Waals surface area contributed by atoms with E-state index in [2.05, 4.69) is 5.32 Å². The second kappa shape index (κ2) is 6.65. The van der Waals surface area contributed by atoms with Gasteiger partial charge in [0, 0.05) is 32.6 Å². The molecule has 0 aromatic heterocycles. The number of hydrogen-bond donors (Lipinski definition) is 1. The Morgan fingerprint density at radius 3 is 2.40 bits per heavy atom. The number of hydrogen-bond acceptors (Lipinski definition) is 4. The van der Waals surface area contributed by atoms with Crippen molar-refractivity contribution in [2.45, 2.75) is 57.5 Å². The first-order chi connectivity index (χ1) is 11.8. The molecule has 3 aliphatic rings. The van der Waals surface area contributed by atoms with E-state index in [0.717, 1.165) is 37.3 Å². The summed E-state index contributed by atoms with van der Waals surface area (Å²) in [5.41, 5.74) is -0.929. The highest BCUT2D eigenvalue weighted by Gasteiger charge is 2.44. The summed E-state index contributed by atoms with van der Waals surface area (Å²) < 4.78 is 0. The zero-order valence-corrected chi connectivity index (χ0v) is 14.9. The maximum atomic E-state index is 12.6. The molecule has 8 nitrogen and oxygen atoms in total. The number of rotatable bonds is 4. The van der Waals surface area contributed by atoms with Gasteiger partial charge in [-0.25, -0.2) is 4.79 Å². The topological polar surface area (TPSA) is 90.0 Å². The molecule has 0 radical (unpaired) electrons. The van der Waals surface area contributed by atoms with Crippen LogP contribution in [0.15, 0.2) is 0 Å². The van der Waals surface area contributed by atoms with Gasteiger partial charge in [-0.05, 0) is 39.5 Å². The summed E-state index contributed by atoms with van der Waals surface area (Å²) in [6.07, 6.45) is 3.60. The molecule has 8 heteroatoms. The summed E-state index contributed by atoms with van der Waals surface area (Å²) in [4.78, 5) is 53.8.